The molecular formula is C12H16N2O3. The third-order valence-electron chi connectivity index (χ3n) is 2.93. The van der Waals surface area contributed by atoms with E-state index in [2.05, 4.69) is 10.3 Å². The monoisotopic (exact) mass is 236 g/mol. The number of hydrogen-bond acceptors (Lipinski definition) is 4. The molecule has 1 fully saturated rings. The van der Waals surface area contributed by atoms with Crippen molar-refractivity contribution in [3.8, 4) is 0 Å². The maximum Gasteiger partial charge on any atom is 0.339 e. The molecule has 1 atom stereocenters. The Kier molecular flexibility index (Phi) is 3.02. The molecule has 17 heavy (non-hydrogen) atoms. The molecule has 1 aliphatic heterocycles. The lowest BCUT2D eigenvalue weighted by Gasteiger charge is -2.26. The highest BCUT2D eigenvalue weighted by Gasteiger charge is 2.30. The normalized spacial score (nSPS) is 23.6. The fourth-order valence-electron chi connectivity index (χ4n) is 1.92. The number of carbonyl (C=O) groups is 1. The van der Waals surface area contributed by atoms with Crippen LogP contribution in [0.3, 0.4) is 0 Å². The molecule has 1 aromatic rings. The summed E-state index contributed by atoms with van der Waals surface area (Å²) in [6, 6.07) is 1.76. The SMILES string of the molecule is Cc1cc(NC2(C)CCOC2)c(C(=O)O)cn1. The van der Waals surface area contributed by atoms with Crippen molar-refractivity contribution in [3.63, 3.8) is 0 Å². The molecule has 0 aliphatic carbocycles. The molecule has 2 rings (SSSR count). The minimum Gasteiger partial charge on any atom is -0.478 e. The molecule has 1 aliphatic rings. The van der Waals surface area contributed by atoms with Crippen molar-refractivity contribution in [2.75, 3.05) is 18.5 Å². The van der Waals surface area contributed by atoms with Crippen LogP contribution in [0, 0.1) is 6.92 Å². The number of aromatic carboxylic acids is 1. The molecule has 1 saturated heterocycles. The molecule has 0 amide bonds. The quantitative estimate of drug-likeness (QED) is 0.835. The first-order chi connectivity index (χ1) is 8.00. The Hall–Kier alpha value is -1.62. The molecule has 2 N–H and O–H groups in total. The van der Waals surface area contributed by atoms with Gasteiger partial charge in [0.15, 0.2) is 0 Å². The standard InChI is InChI=1S/C12H16N2O3/c1-8-5-10(9(6-13-8)11(15)16)14-12(2)3-4-17-7-12/h5-6H,3-4,7H2,1-2H3,(H,13,14)(H,15,16). The summed E-state index contributed by atoms with van der Waals surface area (Å²) in [5, 5.41) is 12.4. The Balaban J connectivity index is 2.30. The third kappa shape index (κ3) is 2.55. The molecule has 0 radical (unpaired) electrons. The van der Waals surface area contributed by atoms with Crippen LogP contribution in [0.1, 0.15) is 29.4 Å². The number of hydrogen-bond donors (Lipinski definition) is 2. The average molecular weight is 236 g/mol. The van der Waals surface area contributed by atoms with Crippen LogP contribution in [0.4, 0.5) is 5.69 Å². The van der Waals surface area contributed by atoms with Crippen molar-refractivity contribution < 1.29 is 14.6 Å². The predicted molar refractivity (Wildman–Crippen MR) is 63.4 cm³/mol. The van der Waals surface area contributed by atoms with Crippen LogP contribution in [0.25, 0.3) is 0 Å². The van der Waals surface area contributed by atoms with Crippen LogP contribution in [0.5, 0.6) is 0 Å². The lowest BCUT2D eigenvalue weighted by Crippen LogP contribution is -2.35. The summed E-state index contributed by atoms with van der Waals surface area (Å²) in [5.41, 5.74) is 1.40. The molecule has 5 nitrogen and oxygen atoms in total. The molecule has 0 spiro atoms. The van der Waals surface area contributed by atoms with E-state index in [0.717, 1.165) is 12.1 Å². The number of pyridine rings is 1. The van der Waals surface area contributed by atoms with Gasteiger partial charge in [0.2, 0.25) is 0 Å². The minimum atomic E-state index is -0.970. The van der Waals surface area contributed by atoms with E-state index in [1.807, 2.05) is 13.8 Å². The van der Waals surface area contributed by atoms with Crippen molar-refractivity contribution >= 4 is 11.7 Å². The van der Waals surface area contributed by atoms with Gasteiger partial charge in [0.05, 0.1) is 17.8 Å². The van der Waals surface area contributed by atoms with Gasteiger partial charge in [-0.3, -0.25) is 4.98 Å². The zero-order chi connectivity index (χ0) is 12.5. The topological polar surface area (TPSA) is 71.5 Å². The third-order valence-corrected chi connectivity index (χ3v) is 2.93. The Bertz CT molecular complexity index is 439. The highest BCUT2D eigenvalue weighted by Crippen LogP contribution is 2.26. The zero-order valence-corrected chi connectivity index (χ0v) is 9.99. The van der Waals surface area contributed by atoms with Crippen molar-refractivity contribution in [1.82, 2.24) is 4.98 Å². The van der Waals surface area contributed by atoms with Crippen LogP contribution >= 0.6 is 0 Å². The predicted octanol–water partition coefficient (Wildman–Crippen LogP) is 1.68. The Labute approximate surface area is 99.8 Å². The van der Waals surface area contributed by atoms with Gasteiger partial charge in [-0.2, -0.15) is 0 Å². The van der Waals surface area contributed by atoms with Crippen molar-refractivity contribution in [3.05, 3.63) is 23.5 Å². The number of nitrogens with one attached hydrogen (secondary N) is 1. The fourth-order valence-corrected chi connectivity index (χ4v) is 1.92. The molecule has 1 aromatic heterocycles. The van der Waals surface area contributed by atoms with Gasteiger partial charge in [0.25, 0.3) is 0 Å². The van der Waals surface area contributed by atoms with Crippen molar-refractivity contribution in [2.45, 2.75) is 25.8 Å². The maximum atomic E-state index is 11.1. The Morgan fingerprint density at radius 3 is 3.00 bits per heavy atom. The maximum absolute atomic E-state index is 11.1. The molecule has 0 saturated carbocycles. The van der Waals surface area contributed by atoms with Crippen molar-refractivity contribution in [1.29, 1.82) is 0 Å². The number of nitrogens with zero attached hydrogens (tertiary/aromatic N) is 1. The van der Waals surface area contributed by atoms with E-state index in [1.165, 1.54) is 6.20 Å². The average Bonchev–Trinajstić information content (AvgIpc) is 2.64. The lowest BCUT2D eigenvalue weighted by molar-refractivity contribution is 0.0697. The van der Waals surface area contributed by atoms with E-state index in [4.69, 9.17) is 9.84 Å². The van der Waals surface area contributed by atoms with Crippen molar-refractivity contribution in [2.24, 2.45) is 0 Å². The van der Waals surface area contributed by atoms with E-state index < -0.39 is 5.97 Å². The van der Waals surface area contributed by atoms with Crippen LogP contribution in [-0.2, 0) is 4.74 Å². The summed E-state index contributed by atoms with van der Waals surface area (Å²) in [4.78, 5) is 15.1. The molecule has 2 heterocycles. The Morgan fingerprint density at radius 1 is 1.65 bits per heavy atom. The summed E-state index contributed by atoms with van der Waals surface area (Å²) in [7, 11) is 0. The van der Waals surface area contributed by atoms with E-state index in [1.54, 1.807) is 6.07 Å². The second kappa shape index (κ2) is 4.33. The number of rotatable bonds is 3. The second-order valence-corrected chi connectivity index (χ2v) is 4.66. The first-order valence-electron chi connectivity index (χ1n) is 5.56. The number of aromatic nitrogens is 1. The smallest absolute Gasteiger partial charge is 0.339 e. The second-order valence-electron chi connectivity index (χ2n) is 4.66. The summed E-state index contributed by atoms with van der Waals surface area (Å²) in [6.07, 6.45) is 2.26. The number of carboxylic acid groups (broad SMARTS) is 1. The first-order valence-corrected chi connectivity index (χ1v) is 5.56. The highest BCUT2D eigenvalue weighted by molar-refractivity contribution is 5.94. The van der Waals surface area contributed by atoms with Crippen LogP contribution in [0.15, 0.2) is 12.3 Å². The Morgan fingerprint density at radius 2 is 2.41 bits per heavy atom. The molecular weight excluding hydrogens is 220 g/mol. The number of anilines is 1. The lowest BCUT2D eigenvalue weighted by atomic mass is 10.0. The number of aryl methyl sites for hydroxylation is 1. The molecule has 0 aromatic carbocycles. The minimum absolute atomic E-state index is 0.196. The molecule has 5 heteroatoms. The summed E-state index contributed by atoms with van der Waals surface area (Å²) >= 11 is 0. The molecule has 0 bridgehead atoms. The molecule has 1 unspecified atom stereocenters. The van der Waals surface area contributed by atoms with E-state index >= 15 is 0 Å². The van der Waals surface area contributed by atoms with Crippen LogP contribution in [0.2, 0.25) is 0 Å². The van der Waals surface area contributed by atoms with Gasteiger partial charge in [-0.1, -0.05) is 0 Å². The first kappa shape index (κ1) is 11.9. The fraction of sp³-hybridized carbons (Fsp3) is 0.500. The van der Waals surface area contributed by atoms with Gasteiger partial charge in [0, 0.05) is 18.5 Å². The van der Waals surface area contributed by atoms with E-state index in [9.17, 15) is 4.79 Å². The van der Waals surface area contributed by atoms with Crippen LogP contribution < -0.4 is 5.32 Å². The highest BCUT2D eigenvalue weighted by atomic mass is 16.5. The summed E-state index contributed by atoms with van der Waals surface area (Å²) in [6.45, 7) is 5.16. The van der Waals surface area contributed by atoms with Crippen LogP contribution in [-0.4, -0.2) is 34.8 Å². The van der Waals surface area contributed by atoms with E-state index in [0.29, 0.717) is 18.9 Å². The summed E-state index contributed by atoms with van der Waals surface area (Å²) < 4.78 is 5.34. The van der Waals surface area contributed by atoms with Gasteiger partial charge in [0.1, 0.15) is 5.56 Å². The van der Waals surface area contributed by atoms with Gasteiger partial charge >= 0.3 is 5.97 Å². The van der Waals surface area contributed by atoms with Gasteiger partial charge in [-0.25, -0.2) is 4.79 Å². The zero-order valence-electron chi connectivity index (χ0n) is 9.99. The summed E-state index contributed by atoms with van der Waals surface area (Å²) in [5.74, 6) is -0.970. The van der Waals surface area contributed by atoms with Gasteiger partial charge in [-0.15, -0.1) is 0 Å². The number of ether oxygens (including phenoxy) is 1. The largest absolute Gasteiger partial charge is 0.478 e. The molecule has 92 valence electrons. The van der Waals surface area contributed by atoms with Gasteiger partial charge < -0.3 is 15.2 Å². The number of carboxylic acids is 1. The van der Waals surface area contributed by atoms with Gasteiger partial charge in [-0.05, 0) is 26.3 Å². The van der Waals surface area contributed by atoms with E-state index in [-0.39, 0.29) is 11.1 Å².